The molecule has 2 nitrogen and oxygen atoms in total. The van der Waals surface area contributed by atoms with Crippen molar-refractivity contribution in [1.82, 2.24) is 10.3 Å². The fraction of sp³-hybridized carbons (Fsp3) is 0.357. The topological polar surface area (TPSA) is 24.9 Å². The molecule has 1 N–H and O–H groups in total. The summed E-state index contributed by atoms with van der Waals surface area (Å²) in [4.78, 5) is 5.57. The van der Waals surface area contributed by atoms with Gasteiger partial charge in [-0.25, -0.2) is 9.37 Å². The SMILES string of the molecule is Cc1nc(CNC(C)C)sc1-c1cccc(F)c1. The van der Waals surface area contributed by atoms with Gasteiger partial charge in [-0.05, 0) is 24.6 Å². The van der Waals surface area contributed by atoms with E-state index in [9.17, 15) is 4.39 Å². The molecule has 1 heterocycles. The minimum Gasteiger partial charge on any atom is -0.308 e. The summed E-state index contributed by atoms with van der Waals surface area (Å²) < 4.78 is 13.2. The summed E-state index contributed by atoms with van der Waals surface area (Å²) in [7, 11) is 0. The van der Waals surface area contributed by atoms with E-state index in [2.05, 4.69) is 24.1 Å². The van der Waals surface area contributed by atoms with Crippen LogP contribution in [0, 0.1) is 12.7 Å². The van der Waals surface area contributed by atoms with Gasteiger partial charge in [0.1, 0.15) is 10.8 Å². The number of hydrogen-bond donors (Lipinski definition) is 1. The number of benzene rings is 1. The number of halogens is 1. The maximum absolute atomic E-state index is 13.2. The van der Waals surface area contributed by atoms with Crippen molar-refractivity contribution in [2.45, 2.75) is 33.4 Å². The Morgan fingerprint density at radius 1 is 1.39 bits per heavy atom. The van der Waals surface area contributed by atoms with E-state index >= 15 is 0 Å². The summed E-state index contributed by atoms with van der Waals surface area (Å²) in [5.74, 6) is -0.206. The van der Waals surface area contributed by atoms with Crippen LogP contribution in [0.25, 0.3) is 10.4 Å². The van der Waals surface area contributed by atoms with Gasteiger partial charge in [0, 0.05) is 12.6 Å². The van der Waals surface area contributed by atoms with Crippen LogP contribution in [0.2, 0.25) is 0 Å². The van der Waals surface area contributed by atoms with Gasteiger partial charge >= 0.3 is 0 Å². The lowest BCUT2D eigenvalue weighted by atomic mass is 10.1. The molecule has 0 bridgehead atoms. The first-order valence-corrected chi connectivity index (χ1v) is 6.83. The van der Waals surface area contributed by atoms with Gasteiger partial charge in [-0.15, -0.1) is 11.3 Å². The van der Waals surface area contributed by atoms with E-state index in [1.54, 1.807) is 23.5 Å². The number of nitrogens with zero attached hydrogens (tertiary/aromatic N) is 1. The van der Waals surface area contributed by atoms with Crippen LogP contribution in [0.5, 0.6) is 0 Å². The van der Waals surface area contributed by atoms with Gasteiger partial charge in [-0.3, -0.25) is 0 Å². The Balaban J connectivity index is 2.24. The quantitative estimate of drug-likeness (QED) is 0.909. The molecule has 0 aliphatic rings. The number of hydrogen-bond acceptors (Lipinski definition) is 3. The van der Waals surface area contributed by atoms with Crippen LogP contribution in [-0.4, -0.2) is 11.0 Å². The summed E-state index contributed by atoms with van der Waals surface area (Å²) in [5.41, 5.74) is 1.87. The van der Waals surface area contributed by atoms with E-state index in [1.165, 1.54) is 6.07 Å². The predicted molar refractivity (Wildman–Crippen MR) is 74.2 cm³/mol. The van der Waals surface area contributed by atoms with Gasteiger partial charge in [0.15, 0.2) is 0 Å². The van der Waals surface area contributed by atoms with E-state index < -0.39 is 0 Å². The molecule has 0 amide bonds. The first kappa shape index (κ1) is 13.2. The summed E-state index contributed by atoms with van der Waals surface area (Å²) in [6.07, 6.45) is 0. The van der Waals surface area contributed by atoms with Crippen LogP contribution in [0.1, 0.15) is 24.5 Å². The zero-order valence-corrected chi connectivity index (χ0v) is 11.6. The Morgan fingerprint density at radius 3 is 2.83 bits per heavy atom. The maximum atomic E-state index is 13.2. The molecule has 0 radical (unpaired) electrons. The van der Waals surface area contributed by atoms with Crippen LogP contribution >= 0.6 is 11.3 Å². The fourth-order valence-corrected chi connectivity index (χ4v) is 2.73. The fourth-order valence-electron chi connectivity index (χ4n) is 1.72. The van der Waals surface area contributed by atoms with Gasteiger partial charge in [0.2, 0.25) is 0 Å². The van der Waals surface area contributed by atoms with Gasteiger partial charge in [0.25, 0.3) is 0 Å². The third-order valence-electron chi connectivity index (χ3n) is 2.59. The van der Waals surface area contributed by atoms with Crippen molar-refractivity contribution < 1.29 is 4.39 Å². The van der Waals surface area contributed by atoms with Crippen LogP contribution in [0.3, 0.4) is 0 Å². The molecule has 1 aromatic heterocycles. The highest BCUT2D eigenvalue weighted by atomic mass is 32.1. The van der Waals surface area contributed by atoms with Crippen molar-refractivity contribution in [2.24, 2.45) is 0 Å². The monoisotopic (exact) mass is 264 g/mol. The molecule has 0 saturated carbocycles. The summed E-state index contributed by atoms with van der Waals surface area (Å²) >= 11 is 1.62. The molecule has 0 fully saturated rings. The molecule has 2 rings (SSSR count). The Kier molecular flexibility index (Phi) is 4.09. The Bertz CT molecular complexity index is 534. The number of nitrogens with one attached hydrogen (secondary N) is 1. The molecule has 0 spiro atoms. The van der Waals surface area contributed by atoms with Crippen LogP contribution in [0.15, 0.2) is 24.3 Å². The van der Waals surface area contributed by atoms with E-state index in [1.807, 2.05) is 13.0 Å². The number of aryl methyl sites for hydroxylation is 1. The second kappa shape index (κ2) is 5.59. The van der Waals surface area contributed by atoms with Crippen molar-refractivity contribution in [2.75, 3.05) is 0 Å². The molecule has 2 aromatic rings. The van der Waals surface area contributed by atoms with Crippen LogP contribution < -0.4 is 5.32 Å². The largest absolute Gasteiger partial charge is 0.308 e. The van der Waals surface area contributed by atoms with E-state index in [0.717, 1.165) is 27.7 Å². The predicted octanol–water partition coefficient (Wildman–Crippen LogP) is 3.76. The molecule has 0 unspecified atom stereocenters. The van der Waals surface area contributed by atoms with E-state index in [-0.39, 0.29) is 5.82 Å². The maximum Gasteiger partial charge on any atom is 0.123 e. The second-order valence-corrected chi connectivity index (χ2v) is 5.65. The van der Waals surface area contributed by atoms with Crippen molar-refractivity contribution >= 4 is 11.3 Å². The van der Waals surface area contributed by atoms with Crippen molar-refractivity contribution in [3.63, 3.8) is 0 Å². The van der Waals surface area contributed by atoms with Gasteiger partial charge in [-0.2, -0.15) is 0 Å². The number of aromatic nitrogens is 1. The van der Waals surface area contributed by atoms with Crippen molar-refractivity contribution in [1.29, 1.82) is 0 Å². The first-order valence-electron chi connectivity index (χ1n) is 6.02. The lowest BCUT2D eigenvalue weighted by Gasteiger charge is -2.04. The Labute approximate surface area is 111 Å². The van der Waals surface area contributed by atoms with Crippen LogP contribution in [0.4, 0.5) is 4.39 Å². The zero-order valence-electron chi connectivity index (χ0n) is 10.8. The van der Waals surface area contributed by atoms with Crippen molar-refractivity contribution in [3.8, 4) is 10.4 Å². The molecular formula is C14H17FN2S. The Morgan fingerprint density at radius 2 is 2.17 bits per heavy atom. The Hall–Kier alpha value is -1.26. The minimum absolute atomic E-state index is 0.206. The zero-order chi connectivity index (χ0) is 13.1. The molecule has 96 valence electrons. The molecule has 0 atom stereocenters. The highest BCUT2D eigenvalue weighted by molar-refractivity contribution is 7.15. The van der Waals surface area contributed by atoms with Crippen molar-refractivity contribution in [3.05, 3.63) is 40.8 Å². The third kappa shape index (κ3) is 3.15. The highest BCUT2D eigenvalue weighted by Gasteiger charge is 2.10. The molecule has 4 heteroatoms. The average molecular weight is 264 g/mol. The van der Waals surface area contributed by atoms with Gasteiger partial charge in [-0.1, -0.05) is 26.0 Å². The van der Waals surface area contributed by atoms with Gasteiger partial charge in [0.05, 0.1) is 10.6 Å². The number of thiazole rings is 1. The second-order valence-electron chi connectivity index (χ2n) is 4.57. The van der Waals surface area contributed by atoms with Gasteiger partial charge < -0.3 is 5.32 Å². The summed E-state index contributed by atoms with van der Waals surface area (Å²) in [5, 5.41) is 4.38. The molecule has 0 aliphatic carbocycles. The lowest BCUT2D eigenvalue weighted by molar-refractivity contribution is 0.587. The van der Waals surface area contributed by atoms with Crippen LogP contribution in [-0.2, 0) is 6.54 Å². The standard InChI is InChI=1S/C14H17FN2S/c1-9(2)16-8-13-17-10(3)14(18-13)11-5-4-6-12(15)7-11/h4-7,9,16H,8H2,1-3H3. The minimum atomic E-state index is -0.206. The normalized spacial score (nSPS) is 11.2. The lowest BCUT2D eigenvalue weighted by Crippen LogP contribution is -2.21. The smallest absolute Gasteiger partial charge is 0.123 e. The van der Waals surface area contributed by atoms with E-state index in [4.69, 9.17) is 0 Å². The number of rotatable bonds is 4. The van der Waals surface area contributed by atoms with E-state index in [0.29, 0.717) is 6.04 Å². The third-order valence-corrected chi connectivity index (χ3v) is 3.80. The summed E-state index contributed by atoms with van der Waals surface area (Å²) in [6, 6.07) is 7.10. The average Bonchev–Trinajstić information content (AvgIpc) is 2.68. The molecular weight excluding hydrogens is 247 g/mol. The molecule has 18 heavy (non-hydrogen) atoms. The molecule has 1 aromatic carbocycles. The summed E-state index contributed by atoms with van der Waals surface area (Å²) in [6.45, 7) is 6.94. The first-order chi connectivity index (χ1) is 8.56. The molecule has 0 saturated heterocycles. The highest BCUT2D eigenvalue weighted by Crippen LogP contribution is 2.30. The molecule has 0 aliphatic heterocycles.